The molecule has 94 valence electrons. The topological polar surface area (TPSA) is 88.1 Å². The summed E-state index contributed by atoms with van der Waals surface area (Å²) in [7, 11) is 0. The number of carbonyl (C=O) groups is 1. The lowest BCUT2D eigenvalue weighted by molar-refractivity contribution is 0.114. The molecule has 18 heavy (non-hydrogen) atoms. The number of hydrogen-bond acceptors (Lipinski definition) is 4. The maximum Gasteiger partial charge on any atom is 0.411 e. The molecule has 2 unspecified atom stereocenters. The number of nitriles is 1. The molecule has 1 amide bonds. The number of hydrogen-bond donors (Lipinski definition) is 2. The zero-order chi connectivity index (χ0) is 13.0. The average molecular weight is 245 g/mol. The van der Waals surface area contributed by atoms with E-state index in [1.807, 2.05) is 6.07 Å². The number of nitrogens with one attached hydrogen (secondary N) is 1. The lowest BCUT2D eigenvalue weighted by Crippen LogP contribution is -2.22. The first-order chi connectivity index (χ1) is 8.67. The fraction of sp³-hybridized carbons (Fsp3) is 0.385. The molecule has 0 aliphatic heterocycles. The normalized spacial score (nSPS) is 22.2. The summed E-state index contributed by atoms with van der Waals surface area (Å²) in [5.41, 5.74) is 6.91. The molecule has 1 aromatic carbocycles. The van der Waals surface area contributed by atoms with Crippen molar-refractivity contribution in [2.75, 3.05) is 5.32 Å². The lowest BCUT2D eigenvalue weighted by Gasteiger charge is -2.12. The maximum absolute atomic E-state index is 11.6. The largest absolute Gasteiger partial charge is 0.446 e. The van der Waals surface area contributed by atoms with Gasteiger partial charge in [-0.2, -0.15) is 5.26 Å². The van der Waals surface area contributed by atoms with E-state index < -0.39 is 6.09 Å². The molecule has 0 saturated heterocycles. The van der Waals surface area contributed by atoms with E-state index >= 15 is 0 Å². The van der Waals surface area contributed by atoms with E-state index in [1.165, 1.54) is 0 Å². The van der Waals surface area contributed by atoms with Crippen molar-refractivity contribution < 1.29 is 9.53 Å². The molecule has 0 aromatic heterocycles. The zero-order valence-electron chi connectivity index (χ0n) is 9.93. The molecule has 3 N–H and O–H groups in total. The van der Waals surface area contributed by atoms with Gasteiger partial charge in [-0.1, -0.05) is 0 Å². The molecule has 1 aliphatic carbocycles. The van der Waals surface area contributed by atoms with E-state index in [1.54, 1.807) is 24.3 Å². The molecule has 5 nitrogen and oxygen atoms in total. The van der Waals surface area contributed by atoms with Crippen molar-refractivity contribution in [3.8, 4) is 6.07 Å². The summed E-state index contributed by atoms with van der Waals surface area (Å²) < 4.78 is 5.25. The second kappa shape index (κ2) is 5.52. The van der Waals surface area contributed by atoms with Crippen LogP contribution < -0.4 is 11.1 Å². The van der Waals surface area contributed by atoms with Gasteiger partial charge in [0.2, 0.25) is 0 Å². The number of carbonyl (C=O) groups excluding carboxylic acids is 1. The van der Waals surface area contributed by atoms with Crippen LogP contribution in [0.1, 0.15) is 24.8 Å². The first-order valence-electron chi connectivity index (χ1n) is 5.91. The van der Waals surface area contributed by atoms with Gasteiger partial charge in [0, 0.05) is 11.7 Å². The van der Waals surface area contributed by atoms with Crippen LogP contribution >= 0.6 is 0 Å². The van der Waals surface area contributed by atoms with E-state index in [4.69, 9.17) is 15.7 Å². The SMILES string of the molecule is N#Cc1ccc(NC(=O)OC2CCC(N)C2)cc1. The third kappa shape index (κ3) is 3.22. The second-order valence-electron chi connectivity index (χ2n) is 4.41. The highest BCUT2D eigenvalue weighted by atomic mass is 16.6. The highest BCUT2D eigenvalue weighted by molar-refractivity contribution is 5.84. The smallest absolute Gasteiger partial charge is 0.411 e. The van der Waals surface area contributed by atoms with E-state index in [0.717, 1.165) is 19.3 Å². The first kappa shape index (κ1) is 12.4. The van der Waals surface area contributed by atoms with Crippen LogP contribution in [0.4, 0.5) is 10.5 Å². The van der Waals surface area contributed by atoms with Gasteiger partial charge < -0.3 is 10.5 Å². The summed E-state index contributed by atoms with van der Waals surface area (Å²) >= 11 is 0. The summed E-state index contributed by atoms with van der Waals surface area (Å²) in [6.45, 7) is 0. The highest BCUT2D eigenvalue weighted by Gasteiger charge is 2.24. The molecule has 1 fully saturated rings. The number of amides is 1. The van der Waals surface area contributed by atoms with Gasteiger partial charge in [-0.15, -0.1) is 0 Å². The van der Waals surface area contributed by atoms with Gasteiger partial charge in [-0.05, 0) is 43.5 Å². The molecule has 0 bridgehead atoms. The van der Waals surface area contributed by atoms with Crippen LogP contribution in [0.15, 0.2) is 24.3 Å². The monoisotopic (exact) mass is 245 g/mol. The van der Waals surface area contributed by atoms with Gasteiger partial charge in [0.1, 0.15) is 6.10 Å². The summed E-state index contributed by atoms with van der Waals surface area (Å²) in [4.78, 5) is 11.6. The van der Waals surface area contributed by atoms with Crippen molar-refractivity contribution in [1.29, 1.82) is 5.26 Å². The van der Waals surface area contributed by atoms with Crippen molar-refractivity contribution in [2.24, 2.45) is 5.73 Å². The number of anilines is 1. The van der Waals surface area contributed by atoms with E-state index in [9.17, 15) is 4.79 Å². The Morgan fingerprint density at radius 1 is 1.39 bits per heavy atom. The molecule has 0 radical (unpaired) electrons. The molecule has 2 rings (SSSR count). The van der Waals surface area contributed by atoms with Gasteiger partial charge in [0.25, 0.3) is 0 Å². The van der Waals surface area contributed by atoms with Crippen LogP contribution in [0.3, 0.4) is 0 Å². The van der Waals surface area contributed by atoms with Gasteiger partial charge in [-0.25, -0.2) is 4.79 Å². The van der Waals surface area contributed by atoms with Crippen LogP contribution in [-0.2, 0) is 4.74 Å². The zero-order valence-corrected chi connectivity index (χ0v) is 9.93. The Balaban J connectivity index is 1.85. The average Bonchev–Trinajstić information content (AvgIpc) is 2.75. The predicted molar refractivity (Wildman–Crippen MR) is 66.9 cm³/mol. The van der Waals surface area contributed by atoms with Crippen LogP contribution in [0, 0.1) is 11.3 Å². The third-order valence-corrected chi connectivity index (χ3v) is 2.96. The van der Waals surface area contributed by atoms with Crippen molar-refractivity contribution >= 4 is 11.8 Å². The van der Waals surface area contributed by atoms with Crippen molar-refractivity contribution in [2.45, 2.75) is 31.4 Å². The first-order valence-corrected chi connectivity index (χ1v) is 5.91. The number of nitrogens with zero attached hydrogens (tertiary/aromatic N) is 1. The number of nitrogens with two attached hydrogens (primary N) is 1. The van der Waals surface area contributed by atoms with Gasteiger partial charge >= 0.3 is 6.09 Å². The standard InChI is InChI=1S/C13H15N3O2/c14-8-9-1-4-11(5-2-9)16-13(17)18-12-6-3-10(15)7-12/h1-2,4-5,10,12H,3,6-7,15H2,(H,16,17). The molecular formula is C13H15N3O2. The van der Waals surface area contributed by atoms with Crippen LogP contribution in [0.2, 0.25) is 0 Å². The molecule has 5 heteroatoms. The summed E-state index contributed by atoms with van der Waals surface area (Å²) in [5, 5.41) is 11.3. The number of ether oxygens (including phenoxy) is 1. The third-order valence-electron chi connectivity index (χ3n) is 2.96. The lowest BCUT2D eigenvalue weighted by atomic mass is 10.2. The summed E-state index contributed by atoms with van der Waals surface area (Å²) in [6.07, 6.45) is 1.88. The Labute approximate surface area is 106 Å². The summed E-state index contributed by atoms with van der Waals surface area (Å²) in [6, 6.07) is 8.76. The van der Waals surface area contributed by atoms with Crippen LogP contribution in [0.5, 0.6) is 0 Å². The summed E-state index contributed by atoms with van der Waals surface area (Å²) in [5.74, 6) is 0. The molecule has 1 aliphatic rings. The van der Waals surface area contributed by atoms with E-state index in [2.05, 4.69) is 5.32 Å². The van der Waals surface area contributed by atoms with Crippen molar-refractivity contribution in [1.82, 2.24) is 0 Å². The maximum atomic E-state index is 11.6. The molecule has 1 saturated carbocycles. The van der Waals surface area contributed by atoms with Crippen molar-refractivity contribution in [3.63, 3.8) is 0 Å². The van der Waals surface area contributed by atoms with Gasteiger partial charge in [0.05, 0.1) is 11.6 Å². The molecule has 0 heterocycles. The molecule has 2 atom stereocenters. The molecule has 1 aromatic rings. The van der Waals surface area contributed by atoms with Gasteiger partial charge in [-0.3, -0.25) is 5.32 Å². The van der Waals surface area contributed by atoms with Crippen LogP contribution in [0.25, 0.3) is 0 Å². The number of benzene rings is 1. The van der Waals surface area contributed by atoms with E-state index in [0.29, 0.717) is 11.3 Å². The quantitative estimate of drug-likeness (QED) is 0.833. The minimum Gasteiger partial charge on any atom is -0.446 e. The van der Waals surface area contributed by atoms with Crippen molar-refractivity contribution in [3.05, 3.63) is 29.8 Å². The number of rotatable bonds is 2. The Bertz CT molecular complexity index is 464. The van der Waals surface area contributed by atoms with E-state index in [-0.39, 0.29) is 12.1 Å². The second-order valence-corrected chi connectivity index (χ2v) is 4.41. The fourth-order valence-electron chi connectivity index (χ4n) is 2.01. The predicted octanol–water partition coefficient (Wildman–Crippen LogP) is 1.99. The highest BCUT2D eigenvalue weighted by Crippen LogP contribution is 2.21. The van der Waals surface area contributed by atoms with Crippen LogP contribution in [-0.4, -0.2) is 18.2 Å². The Hall–Kier alpha value is -2.06. The Kier molecular flexibility index (Phi) is 3.80. The fourth-order valence-corrected chi connectivity index (χ4v) is 2.01. The Morgan fingerprint density at radius 3 is 2.67 bits per heavy atom. The molecular weight excluding hydrogens is 230 g/mol. The molecule has 0 spiro atoms. The minimum absolute atomic E-state index is 0.0848. The Morgan fingerprint density at radius 2 is 2.11 bits per heavy atom. The van der Waals surface area contributed by atoms with Gasteiger partial charge in [0.15, 0.2) is 0 Å². The minimum atomic E-state index is -0.473.